The maximum absolute atomic E-state index is 13.0. The van der Waals surface area contributed by atoms with Crippen molar-refractivity contribution in [2.45, 2.75) is 43.0 Å². The lowest BCUT2D eigenvalue weighted by molar-refractivity contribution is 0.340. The molecule has 1 aliphatic heterocycles. The molecule has 1 aromatic heterocycles. The molecule has 0 saturated carbocycles. The minimum atomic E-state index is -3.46. The lowest BCUT2D eigenvalue weighted by Crippen LogP contribution is -2.30. The predicted octanol–water partition coefficient (Wildman–Crippen LogP) is 3.29. The van der Waals surface area contributed by atoms with Crippen molar-refractivity contribution in [3.05, 3.63) is 53.5 Å². The van der Waals surface area contributed by atoms with E-state index in [2.05, 4.69) is 0 Å². The van der Waals surface area contributed by atoms with Gasteiger partial charge in [-0.1, -0.05) is 6.07 Å². The van der Waals surface area contributed by atoms with Gasteiger partial charge >= 0.3 is 0 Å². The van der Waals surface area contributed by atoms with E-state index in [0.717, 1.165) is 37.9 Å². The van der Waals surface area contributed by atoms with Crippen LogP contribution >= 0.6 is 0 Å². The molecule has 4 nitrogen and oxygen atoms in total. The molecule has 5 heteroatoms. The number of benzene rings is 1. The number of sulfonamides is 1. The fraction of sp³-hybridized carbons (Fsp3) is 0.412. The molecule has 1 fully saturated rings. The zero-order valence-electron chi connectivity index (χ0n) is 12.4. The Bertz CT molecular complexity index is 780. The first kappa shape index (κ1) is 14.0. The highest BCUT2D eigenvalue weighted by Gasteiger charge is 2.37. The maximum Gasteiger partial charge on any atom is 0.243 e. The molecule has 22 heavy (non-hydrogen) atoms. The second-order valence-corrected chi connectivity index (χ2v) is 7.96. The molecule has 2 heterocycles. The molecule has 4 rings (SSSR count). The summed E-state index contributed by atoms with van der Waals surface area (Å²) in [7, 11) is -3.46. The number of rotatable bonds is 3. The SMILES string of the molecule is O=S(=O)(c1ccc2c(c1)CCC2)N1CCCC1c1ccco1. The third kappa shape index (κ3) is 2.20. The van der Waals surface area contributed by atoms with Crippen LogP contribution in [0.15, 0.2) is 45.9 Å². The van der Waals surface area contributed by atoms with Crippen molar-refractivity contribution in [2.75, 3.05) is 6.54 Å². The lowest BCUT2D eigenvalue weighted by atomic mass is 10.1. The molecule has 0 radical (unpaired) electrons. The monoisotopic (exact) mass is 317 g/mol. The smallest absolute Gasteiger partial charge is 0.243 e. The summed E-state index contributed by atoms with van der Waals surface area (Å²) in [5, 5.41) is 0. The average Bonchev–Trinajstić information content (AvgIpc) is 3.25. The average molecular weight is 317 g/mol. The van der Waals surface area contributed by atoms with Crippen LogP contribution in [0.25, 0.3) is 0 Å². The number of fused-ring (bicyclic) bond motifs is 1. The van der Waals surface area contributed by atoms with Gasteiger partial charge in [0, 0.05) is 6.54 Å². The van der Waals surface area contributed by atoms with Crippen LogP contribution in [0.3, 0.4) is 0 Å². The first-order valence-electron chi connectivity index (χ1n) is 7.83. The summed E-state index contributed by atoms with van der Waals surface area (Å²) in [6.45, 7) is 0.560. The van der Waals surface area contributed by atoms with E-state index in [9.17, 15) is 8.42 Å². The molecule has 1 atom stereocenters. The molecule has 0 N–H and O–H groups in total. The fourth-order valence-corrected chi connectivity index (χ4v) is 5.35. The Labute approximate surface area is 130 Å². The maximum atomic E-state index is 13.0. The summed E-state index contributed by atoms with van der Waals surface area (Å²) in [5.41, 5.74) is 2.48. The van der Waals surface area contributed by atoms with Gasteiger partial charge in [0.15, 0.2) is 0 Å². The van der Waals surface area contributed by atoms with Gasteiger partial charge in [-0.15, -0.1) is 0 Å². The summed E-state index contributed by atoms with van der Waals surface area (Å²) in [6.07, 6.45) is 6.47. The third-order valence-electron chi connectivity index (χ3n) is 4.75. The van der Waals surface area contributed by atoms with E-state index < -0.39 is 10.0 Å². The van der Waals surface area contributed by atoms with Gasteiger partial charge in [0.2, 0.25) is 10.0 Å². The topological polar surface area (TPSA) is 50.5 Å². The van der Waals surface area contributed by atoms with Gasteiger partial charge in [-0.05, 0) is 67.5 Å². The van der Waals surface area contributed by atoms with Crippen LogP contribution in [0.5, 0.6) is 0 Å². The second kappa shape index (κ2) is 5.25. The van der Waals surface area contributed by atoms with E-state index in [1.54, 1.807) is 16.6 Å². The van der Waals surface area contributed by atoms with E-state index in [-0.39, 0.29) is 6.04 Å². The van der Waals surface area contributed by atoms with E-state index in [4.69, 9.17) is 4.42 Å². The molecule has 2 aromatic rings. The van der Waals surface area contributed by atoms with Gasteiger partial charge in [0.1, 0.15) is 5.76 Å². The molecule has 2 aliphatic rings. The highest BCUT2D eigenvalue weighted by Crippen LogP contribution is 2.37. The van der Waals surface area contributed by atoms with Crippen molar-refractivity contribution in [1.82, 2.24) is 4.31 Å². The minimum absolute atomic E-state index is 0.173. The van der Waals surface area contributed by atoms with Gasteiger partial charge in [0.05, 0.1) is 17.2 Å². The molecule has 1 unspecified atom stereocenters. The summed E-state index contributed by atoms with van der Waals surface area (Å²) in [5.74, 6) is 0.738. The van der Waals surface area contributed by atoms with Crippen LogP contribution in [0.2, 0.25) is 0 Å². The third-order valence-corrected chi connectivity index (χ3v) is 6.66. The van der Waals surface area contributed by atoms with Crippen LogP contribution in [0, 0.1) is 0 Å². The Kier molecular flexibility index (Phi) is 3.35. The highest BCUT2D eigenvalue weighted by molar-refractivity contribution is 7.89. The molecule has 0 spiro atoms. The van der Waals surface area contributed by atoms with E-state index >= 15 is 0 Å². The Balaban J connectivity index is 1.71. The Morgan fingerprint density at radius 1 is 1.09 bits per heavy atom. The standard InChI is InChI=1S/C17H19NO3S/c19-22(20,15-9-8-13-4-1-5-14(13)12-15)18-10-2-6-16(18)17-7-3-11-21-17/h3,7-9,11-12,16H,1-2,4-6,10H2. The summed E-state index contributed by atoms with van der Waals surface area (Å²) >= 11 is 0. The molecule has 1 aliphatic carbocycles. The molecular formula is C17H19NO3S. The Morgan fingerprint density at radius 3 is 2.77 bits per heavy atom. The van der Waals surface area contributed by atoms with Crippen molar-refractivity contribution in [2.24, 2.45) is 0 Å². The normalized spacial score (nSPS) is 22.1. The van der Waals surface area contributed by atoms with Crippen LogP contribution in [0.4, 0.5) is 0 Å². The summed E-state index contributed by atoms with van der Waals surface area (Å²) in [6, 6.07) is 9.11. The first-order chi connectivity index (χ1) is 10.7. The van der Waals surface area contributed by atoms with Gasteiger partial charge in [-0.3, -0.25) is 0 Å². The summed E-state index contributed by atoms with van der Waals surface area (Å²) < 4.78 is 33.1. The molecule has 1 aromatic carbocycles. The molecule has 0 amide bonds. The van der Waals surface area contributed by atoms with Crippen LogP contribution in [0.1, 0.15) is 42.2 Å². The quantitative estimate of drug-likeness (QED) is 0.873. The second-order valence-electron chi connectivity index (χ2n) is 6.07. The number of hydrogen-bond acceptors (Lipinski definition) is 3. The zero-order valence-corrected chi connectivity index (χ0v) is 13.2. The minimum Gasteiger partial charge on any atom is -0.468 e. The van der Waals surface area contributed by atoms with Gasteiger partial charge in [0.25, 0.3) is 0 Å². The highest BCUT2D eigenvalue weighted by atomic mass is 32.2. The van der Waals surface area contributed by atoms with Crippen LogP contribution < -0.4 is 0 Å². The van der Waals surface area contributed by atoms with Gasteiger partial charge < -0.3 is 4.42 Å². The summed E-state index contributed by atoms with van der Waals surface area (Å²) in [4.78, 5) is 0.423. The fourth-order valence-electron chi connectivity index (χ4n) is 3.64. The number of aryl methyl sites for hydroxylation is 2. The molecule has 116 valence electrons. The number of furan rings is 1. The number of nitrogens with zero attached hydrogens (tertiary/aromatic N) is 1. The largest absolute Gasteiger partial charge is 0.468 e. The van der Waals surface area contributed by atoms with E-state index in [0.29, 0.717) is 11.4 Å². The van der Waals surface area contributed by atoms with Crippen molar-refractivity contribution < 1.29 is 12.8 Å². The molecular weight excluding hydrogens is 298 g/mol. The van der Waals surface area contributed by atoms with E-state index in [1.807, 2.05) is 24.3 Å². The van der Waals surface area contributed by atoms with Crippen molar-refractivity contribution in [1.29, 1.82) is 0 Å². The van der Waals surface area contributed by atoms with Crippen LogP contribution in [-0.4, -0.2) is 19.3 Å². The van der Waals surface area contributed by atoms with Crippen molar-refractivity contribution in [3.63, 3.8) is 0 Å². The zero-order chi connectivity index (χ0) is 15.2. The van der Waals surface area contributed by atoms with E-state index in [1.165, 1.54) is 11.1 Å². The van der Waals surface area contributed by atoms with Gasteiger partial charge in [-0.2, -0.15) is 4.31 Å². The molecule has 1 saturated heterocycles. The Morgan fingerprint density at radius 2 is 1.95 bits per heavy atom. The van der Waals surface area contributed by atoms with Crippen molar-refractivity contribution >= 4 is 10.0 Å². The predicted molar refractivity (Wildman–Crippen MR) is 83.0 cm³/mol. The first-order valence-corrected chi connectivity index (χ1v) is 9.27. The lowest BCUT2D eigenvalue weighted by Gasteiger charge is -2.23. The molecule has 0 bridgehead atoms. The van der Waals surface area contributed by atoms with Crippen LogP contribution in [-0.2, 0) is 22.9 Å². The van der Waals surface area contributed by atoms with Gasteiger partial charge in [-0.25, -0.2) is 8.42 Å². The number of hydrogen-bond donors (Lipinski definition) is 0. The van der Waals surface area contributed by atoms with Crippen molar-refractivity contribution in [3.8, 4) is 0 Å². The Hall–Kier alpha value is -1.59.